The first-order valence-corrected chi connectivity index (χ1v) is 14.3. The highest BCUT2D eigenvalue weighted by atomic mass is 32.2. The van der Waals surface area contributed by atoms with Crippen LogP contribution in [0.15, 0.2) is 106 Å². The quantitative estimate of drug-likeness (QED) is 0.336. The van der Waals surface area contributed by atoms with Crippen LogP contribution in [0.3, 0.4) is 0 Å². The van der Waals surface area contributed by atoms with E-state index in [0.29, 0.717) is 12.8 Å². The van der Waals surface area contributed by atoms with Gasteiger partial charge in [0.1, 0.15) is 5.78 Å². The number of carbonyl (C=O) groups excluding carboxylic acids is 1. The molecule has 0 N–H and O–H groups in total. The Hall–Kier alpha value is -2.41. The topological polar surface area (TPSA) is 74.3 Å². The lowest BCUT2D eigenvalue weighted by molar-refractivity contribution is -0.128. The van der Waals surface area contributed by atoms with Crippen molar-refractivity contribution in [1.82, 2.24) is 0 Å². The van der Waals surface area contributed by atoms with E-state index in [-0.39, 0.29) is 28.0 Å². The SMILES string of the molecule is CC1(C)C2CCC1(CS(=O)(=O)[O-])C(=O)C2.c1ccc([S+](c2ccccc2)c2ccccc2)cc1. The summed E-state index contributed by atoms with van der Waals surface area (Å²) in [7, 11) is -4.34. The van der Waals surface area contributed by atoms with Gasteiger partial charge in [0.2, 0.25) is 0 Å². The number of carbonyl (C=O) groups is 1. The van der Waals surface area contributed by atoms with Crippen LogP contribution in [0.2, 0.25) is 0 Å². The van der Waals surface area contributed by atoms with Crippen molar-refractivity contribution in [2.75, 3.05) is 5.75 Å². The van der Waals surface area contributed by atoms with E-state index in [4.69, 9.17) is 0 Å². The fraction of sp³-hybridized carbons (Fsp3) is 0.321. The van der Waals surface area contributed by atoms with E-state index >= 15 is 0 Å². The molecule has 2 unspecified atom stereocenters. The summed E-state index contributed by atoms with van der Waals surface area (Å²) in [5.74, 6) is -0.280. The van der Waals surface area contributed by atoms with E-state index in [1.165, 1.54) is 14.7 Å². The molecule has 5 rings (SSSR count). The summed E-state index contributed by atoms with van der Waals surface area (Å²) < 4.78 is 32.7. The van der Waals surface area contributed by atoms with Crippen molar-refractivity contribution >= 4 is 26.8 Å². The fourth-order valence-corrected chi connectivity index (χ4v) is 8.87. The van der Waals surface area contributed by atoms with Crippen LogP contribution < -0.4 is 0 Å². The maximum atomic E-state index is 11.8. The Morgan fingerprint density at radius 2 is 1.24 bits per heavy atom. The van der Waals surface area contributed by atoms with Gasteiger partial charge in [-0.2, -0.15) is 0 Å². The minimum atomic E-state index is -4.33. The largest absolute Gasteiger partial charge is 0.748 e. The molecule has 2 saturated carbocycles. The molecule has 0 spiro atoms. The Morgan fingerprint density at radius 3 is 1.53 bits per heavy atom. The van der Waals surface area contributed by atoms with Gasteiger partial charge in [0.25, 0.3) is 0 Å². The number of Topliss-reactive ketones (excluding diaryl/α,β-unsaturated/α-hetero) is 1. The maximum Gasteiger partial charge on any atom is 0.166 e. The van der Waals surface area contributed by atoms with Crippen molar-refractivity contribution in [2.45, 2.75) is 47.8 Å². The van der Waals surface area contributed by atoms with Crippen molar-refractivity contribution in [3.05, 3.63) is 91.0 Å². The van der Waals surface area contributed by atoms with Crippen LogP contribution in [0.5, 0.6) is 0 Å². The van der Waals surface area contributed by atoms with Gasteiger partial charge in [0, 0.05) is 11.8 Å². The van der Waals surface area contributed by atoms with E-state index in [2.05, 4.69) is 91.0 Å². The molecule has 3 aromatic carbocycles. The zero-order valence-corrected chi connectivity index (χ0v) is 21.1. The molecule has 0 aromatic heterocycles. The number of fused-ring (bicyclic) bond motifs is 2. The van der Waals surface area contributed by atoms with Gasteiger partial charge in [0.05, 0.1) is 26.8 Å². The van der Waals surface area contributed by atoms with Gasteiger partial charge >= 0.3 is 0 Å². The standard InChI is InChI=1S/C18H15S.C10H16O4S/c1-4-10-16(11-5-1)19(17-12-6-2-7-13-17)18-14-8-3-9-15-18;1-9(2)7-3-4-10(9,8(11)5-7)6-15(12,13)14/h1-15H;7H,3-6H2,1-2H3,(H,12,13,14)/q+1;/p-1. The molecule has 4 nitrogen and oxygen atoms in total. The normalized spacial score (nSPS) is 22.9. The summed E-state index contributed by atoms with van der Waals surface area (Å²) in [5, 5.41) is 0. The average Bonchev–Trinajstić information content (AvgIpc) is 3.15. The molecular weight excluding hydrogens is 464 g/mol. The minimum Gasteiger partial charge on any atom is -0.748 e. The van der Waals surface area contributed by atoms with Crippen LogP contribution in [0.25, 0.3) is 0 Å². The predicted molar refractivity (Wildman–Crippen MR) is 135 cm³/mol. The lowest BCUT2D eigenvalue weighted by atomic mass is 9.70. The van der Waals surface area contributed by atoms with Crippen molar-refractivity contribution in [3.8, 4) is 0 Å². The van der Waals surface area contributed by atoms with Crippen molar-refractivity contribution in [1.29, 1.82) is 0 Å². The van der Waals surface area contributed by atoms with Gasteiger partial charge < -0.3 is 4.55 Å². The molecule has 2 atom stereocenters. The Kier molecular flexibility index (Phi) is 7.04. The van der Waals surface area contributed by atoms with E-state index in [9.17, 15) is 17.8 Å². The van der Waals surface area contributed by atoms with Gasteiger partial charge in [-0.15, -0.1) is 0 Å². The highest BCUT2D eigenvalue weighted by Gasteiger charge is 2.64. The third-order valence-electron chi connectivity index (χ3n) is 7.50. The van der Waals surface area contributed by atoms with Crippen molar-refractivity contribution in [2.24, 2.45) is 16.7 Å². The maximum absolute atomic E-state index is 11.8. The van der Waals surface area contributed by atoms with Gasteiger partial charge in [-0.3, -0.25) is 4.79 Å². The Morgan fingerprint density at radius 1 is 0.824 bits per heavy atom. The Balaban J connectivity index is 0.000000166. The lowest BCUT2D eigenvalue weighted by Gasteiger charge is -2.37. The van der Waals surface area contributed by atoms with Crippen LogP contribution in [0, 0.1) is 16.7 Å². The van der Waals surface area contributed by atoms with Gasteiger partial charge in [-0.1, -0.05) is 68.4 Å². The molecule has 0 aliphatic heterocycles. The molecule has 0 radical (unpaired) electrons. The van der Waals surface area contributed by atoms with E-state index < -0.39 is 21.3 Å². The Labute approximate surface area is 205 Å². The highest BCUT2D eigenvalue weighted by molar-refractivity contribution is 7.97. The van der Waals surface area contributed by atoms with E-state index in [1.807, 2.05) is 13.8 Å². The second-order valence-electron chi connectivity index (χ2n) is 9.61. The van der Waals surface area contributed by atoms with Gasteiger partial charge in [-0.05, 0) is 60.6 Å². The molecule has 0 saturated heterocycles. The first-order valence-electron chi connectivity index (χ1n) is 11.5. The number of rotatable bonds is 5. The van der Waals surface area contributed by atoms with E-state index in [0.717, 1.165) is 6.42 Å². The summed E-state index contributed by atoms with van der Waals surface area (Å²) >= 11 is 0. The molecule has 0 amide bonds. The summed E-state index contributed by atoms with van der Waals surface area (Å²) in [4.78, 5) is 15.9. The van der Waals surface area contributed by atoms with Crippen LogP contribution >= 0.6 is 0 Å². The van der Waals surface area contributed by atoms with Crippen molar-refractivity contribution in [3.63, 3.8) is 0 Å². The molecule has 2 bridgehead atoms. The van der Waals surface area contributed by atoms with Crippen LogP contribution in [0.1, 0.15) is 33.1 Å². The molecular formula is C28H30O4S2. The summed E-state index contributed by atoms with van der Waals surface area (Å²) in [6.07, 6.45) is 1.88. The molecule has 0 heterocycles. The van der Waals surface area contributed by atoms with E-state index in [1.54, 1.807) is 0 Å². The molecule has 178 valence electrons. The minimum absolute atomic E-state index is 0.0146. The molecule has 34 heavy (non-hydrogen) atoms. The van der Waals surface area contributed by atoms with Crippen LogP contribution in [0.4, 0.5) is 0 Å². The van der Waals surface area contributed by atoms with Crippen LogP contribution in [-0.4, -0.2) is 24.5 Å². The Bertz CT molecular complexity index is 1130. The van der Waals surface area contributed by atoms with Crippen molar-refractivity contribution < 1.29 is 17.8 Å². The molecule has 2 fully saturated rings. The average molecular weight is 495 g/mol. The zero-order valence-electron chi connectivity index (χ0n) is 19.5. The highest BCUT2D eigenvalue weighted by Crippen LogP contribution is 2.64. The van der Waals surface area contributed by atoms with Crippen LogP contribution in [-0.2, 0) is 25.8 Å². The number of hydrogen-bond donors (Lipinski definition) is 0. The number of benzene rings is 3. The fourth-order valence-electron chi connectivity index (χ4n) is 5.49. The molecule has 6 heteroatoms. The van der Waals surface area contributed by atoms with Gasteiger partial charge in [-0.25, -0.2) is 8.42 Å². The first kappa shape index (κ1) is 24.7. The summed E-state index contributed by atoms with van der Waals surface area (Å²) in [5.41, 5.74) is -1.22. The third kappa shape index (κ3) is 4.85. The molecule has 3 aromatic rings. The molecule has 2 aliphatic carbocycles. The summed E-state index contributed by atoms with van der Waals surface area (Å²) in [6, 6.07) is 32.2. The van der Waals surface area contributed by atoms with Gasteiger partial charge in [0.15, 0.2) is 14.7 Å². The number of ketones is 1. The first-order chi connectivity index (χ1) is 16.1. The monoisotopic (exact) mass is 494 g/mol. The molecule has 2 aliphatic rings. The number of hydrogen-bond acceptors (Lipinski definition) is 4. The second kappa shape index (κ2) is 9.68. The smallest absolute Gasteiger partial charge is 0.166 e. The zero-order chi connectivity index (χ0) is 24.4. The predicted octanol–water partition coefficient (Wildman–Crippen LogP) is 5.71. The summed E-state index contributed by atoms with van der Waals surface area (Å²) in [6.45, 7) is 3.83. The lowest BCUT2D eigenvalue weighted by Crippen LogP contribution is -2.42. The third-order valence-corrected chi connectivity index (χ3v) is 10.6. The second-order valence-corrected chi connectivity index (χ2v) is 13.0.